The molecule has 2 aromatic carbocycles. The Hall–Kier alpha value is -1.40. The van der Waals surface area contributed by atoms with Crippen LogP contribution in [0.3, 0.4) is 0 Å². The second-order valence-electron chi connectivity index (χ2n) is 6.14. The molecule has 0 heterocycles. The molecule has 0 aliphatic rings. The van der Waals surface area contributed by atoms with E-state index in [1.165, 1.54) is 16.7 Å². The van der Waals surface area contributed by atoms with E-state index in [-0.39, 0.29) is 24.1 Å². The van der Waals surface area contributed by atoms with E-state index in [0.29, 0.717) is 20.8 Å². The number of nitrogens with one attached hydrogen (secondary N) is 1. The normalized spacial score (nSPS) is 11.8. The highest BCUT2D eigenvalue weighted by Crippen LogP contribution is 2.25. The summed E-state index contributed by atoms with van der Waals surface area (Å²) in [4.78, 5) is 26.5. The Labute approximate surface area is 184 Å². The highest BCUT2D eigenvalue weighted by atomic mass is 35.5. The van der Waals surface area contributed by atoms with Crippen LogP contribution < -0.4 is 5.32 Å². The molecule has 2 aromatic rings. The minimum atomic E-state index is -0.618. The van der Waals surface area contributed by atoms with Crippen molar-refractivity contribution in [1.82, 2.24) is 10.2 Å². The van der Waals surface area contributed by atoms with Gasteiger partial charge in [0.15, 0.2) is 0 Å². The van der Waals surface area contributed by atoms with Gasteiger partial charge >= 0.3 is 0 Å². The molecule has 2 rings (SSSR count). The molecule has 0 radical (unpaired) electrons. The van der Waals surface area contributed by atoms with Crippen LogP contribution in [-0.4, -0.2) is 35.6 Å². The number of nitrogens with zero attached hydrogens (tertiary/aromatic N) is 1. The Morgan fingerprint density at radius 1 is 1.07 bits per heavy atom. The highest BCUT2D eigenvalue weighted by Gasteiger charge is 2.25. The van der Waals surface area contributed by atoms with E-state index in [9.17, 15) is 9.59 Å². The number of thioether (sulfide) groups is 1. The van der Waals surface area contributed by atoms with Crippen molar-refractivity contribution in [3.8, 4) is 0 Å². The lowest BCUT2D eigenvalue weighted by Crippen LogP contribution is -2.47. The van der Waals surface area contributed by atoms with Crippen molar-refractivity contribution in [1.29, 1.82) is 0 Å². The zero-order valence-corrected chi connectivity index (χ0v) is 18.6. The van der Waals surface area contributed by atoms with Crippen molar-refractivity contribution in [2.24, 2.45) is 0 Å². The molecule has 2 amide bonds. The third-order valence-corrected chi connectivity index (χ3v) is 6.27. The number of rotatable bonds is 8. The van der Waals surface area contributed by atoms with Crippen molar-refractivity contribution < 1.29 is 9.59 Å². The number of halogens is 3. The predicted molar refractivity (Wildman–Crippen MR) is 118 cm³/mol. The zero-order valence-electron chi connectivity index (χ0n) is 15.5. The second kappa shape index (κ2) is 11.0. The fraction of sp³-hybridized carbons (Fsp3) is 0.300. The Balaban J connectivity index is 2.09. The average Bonchev–Trinajstić information content (AvgIpc) is 2.69. The molecule has 0 unspecified atom stereocenters. The Morgan fingerprint density at radius 3 is 2.43 bits per heavy atom. The number of carbonyl (C=O) groups excluding carboxylic acids is 2. The summed E-state index contributed by atoms with van der Waals surface area (Å²) in [6.45, 7) is 1.96. The van der Waals surface area contributed by atoms with E-state index in [4.69, 9.17) is 34.8 Å². The van der Waals surface area contributed by atoms with Crippen molar-refractivity contribution in [3.05, 3.63) is 68.7 Å². The molecule has 1 atom stereocenters. The fourth-order valence-electron chi connectivity index (χ4n) is 2.57. The van der Waals surface area contributed by atoms with Crippen molar-refractivity contribution >= 4 is 58.4 Å². The maximum Gasteiger partial charge on any atom is 0.242 e. The van der Waals surface area contributed by atoms with E-state index >= 15 is 0 Å². The fourth-order valence-corrected chi connectivity index (χ4v) is 4.09. The van der Waals surface area contributed by atoms with E-state index in [1.807, 2.05) is 24.3 Å². The summed E-state index contributed by atoms with van der Waals surface area (Å²) in [6, 6.07) is 12.1. The number of benzene rings is 2. The van der Waals surface area contributed by atoms with Gasteiger partial charge in [-0.15, -0.1) is 11.8 Å². The Morgan fingerprint density at radius 2 is 1.79 bits per heavy atom. The smallest absolute Gasteiger partial charge is 0.242 e. The lowest BCUT2D eigenvalue weighted by Gasteiger charge is -2.28. The van der Waals surface area contributed by atoms with Gasteiger partial charge in [0.25, 0.3) is 0 Å². The van der Waals surface area contributed by atoms with Crippen LogP contribution in [0.2, 0.25) is 15.1 Å². The molecule has 28 heavy (non-hydrogen) atoms. The minimum absolute atomic E-state index is 0.140. The summed E-state index contributed by atoms with van der Waals surface area (Å²) < 4.78 is 0. The summed E-state index contributed by atoms with van der Waals surface area (Å²) in [5.74, 6) is 0.470. The van der Waals surface area contributed by atoms with Gasteiger partial charge in [-0.2, -0.15) is 0 Å². The third kappa shape index (κ3) is 6.31. The summed E-state index contributed by atoms with van der Waals surface area (Å²) in [6.07, 6.45) is 0. The molecule has 0 aliphatic carbocycles. The maximum absolute atomic E-state index is 12.9. The first-order chi connectivity index (χ1) is 13.3. The molecular weight excluding hydrogens is 439 g/mol. The van der Waals surface area contributed by atoms with Crippen LogP contribution in [0.4, 0.5) is 0 Å². The highest BCUT2D eigenvalue weighted by molar-refractivity contribution is 7.99. The topological polar surface area (TPSA) is 49.4 Å². The summed E-state index contributed by atoms with van der Waals surface area (Å²) in [5.41, 5.74) is 1.77. The van der Waals surface area contributed by atoms with Crippen LogP contribution in [0.1, 0.15) is 18.1 Å². The van der Waals surface area contributed by atoms with Crippen LogP contribution in [0.5, 0.6) is 0 Å². The van der Waals surface area contributed by atoms with Gasteiger partial charge in [0, 0.05) is 24.4 Å². The van der Waals surface area contributed by atoms with Crippen LogP contribution >= 0.6 is 46.6 Å². The molecule has 0 spiro atoms. The first-order valence-corrected chi connectivity index (χ1v) is 10.9. The second-order valence-corrected chi connectivity index (χ2v) is 8.35. The Bertz CT molecular complexity index is 848. The van der Waals surface area contributed by atoms with Gasteiger partial charge in [-0.3, -0.25) is 9.59 Å². The number of carbonyl (C=O) groups is 2. The van der Waals surface area contributed by atoms with E-state index in [0.717, 1.165) is 11.1 Å². The lowest BCUT2D eigenvalue weighted by atomic mass is 10.1. The quantitative estimate of drug-likeness (QED) is 0.601. The van der Waals surface area contributed by atoms with Gasteiger partial charge in [-0.1, -0.05) is 59.1 Å². The van der Waals surface area contributed by atoms with Crippen LogP contribution in [0.25, 0.3) is 0 Å². The molecule has 0 saturated heterocycles. The van der Waals surface area contributed by atoms with Gasteiger partial charge in [0.1, 0.15) is 6.04 Å². The number of hydrogen-bond donors (Lipinski definition) is 1. The number of amides is 2. The van der Waals surface area contributed by atoms with Gasteiger partial charge < -0.3 is 10.2 Å². The summed E-state index contributed by atoms with van der Waals surface area (Å²) in [7, 11) is 1.55. The van der Waals surface area contributed by atoms with Gasteiger partial charge in [-0.05, 0) is 36.2 Å². The third-order valence-electron chi connectivity index (χ3n) is 4.19. The molecule has 0 aromatic heterocycles. The first-order valence-electron chi connectivity index (χ1n) is 8.59. The molecule has 4 nitrogen and oxygen atoms in total. The summed E-state index contributed by atoms with van der Waals surface area (Å²) >= 11 is 19.7. The SMILES string of the molecule is CNC(=O)[C@@H](C)N(Cc1ccc(Cl)c(Cl)c1)C(=O)CSCc1ccccc1Cl. The first kappa shape index (κ1) is 22.9. The molecule has 150 valence electrons. The molecule has 0 aliphatic heterocycles. The van der Waals surface area contributed by atoms with Crippen LogP contribution in [0, 0.1) is 0 Å². The van der Waals surface area contributed by atoms with Gasteiger partial charge in [0.2, 0.25) is 11.8 Å². The zero-order chi connectivity index (χ0) is 20.7. The largest absolute Gasteiger partial charge is 0.357 e. The molecule has 0 fully saturated rings. The Kier molecular flexibility index (Phi) is 8.96. The standard InChI is InChI=1S/C20H21Cl3N2O2S/c1-13(20(27)24-2)25(10-14-7-8-17(22)18(23)9-14)19(26)12-28-11-15-5-3-4-6-16(15)21/h3-9,13H,10-12H2,1-2H3,(H,24,27)/t13-/m1/s1. The van der Waals surface area contributed by atoms with E-state index in [2.05, 4.69) is 5.32 Å². The lowest BCUT2D eigenvalue weighted by molar-refractivity contribution is -0.138. The molecule has 0 bridgehead atoms. The van der Waals surface area contributed by atoms with Crippen LogP contribution in [-0.2, 0) is 21.9 Å². The van der Waals surface area contributed by atoms with Crippen molar-refractivity contribution in [3.63, 3.8) is 0 Å². The molecule has 1 N–H and O–H groups in total. The maximum atomic E-state index is 12.9. The van der Waals surface area contributed by atoms with E-state index in [1.54, 1.807) is 32.2 Å². The number of hydrogen-bond acceptors (Lipinski definition) is 3. The predicted octanol–water partition coefficient (Wildman–Crippen LogP) is 5.04. The molecule has 0 saturated carbocycles. The minimum Gasteiger partial charge on any atom is -0.357 e. The number of likely N-dealkylation sites (N-methyl/N-ethyl adjacent to an activating group) is 1. The monoisotopic (exact) mass is 458 g/mol. The summed E-state index contributed by atoms with van der Waals surface area (Å²) in [5, 5.41) is 4.12. The van der Waals surface area contributed by atoms with E-state index < -0.39 is 6.04 Å². The average molecular weight is 460 g/mol. The van der Waals surface area contributed by atoms with Crippen LogP contribution in [0.15, 0.2) is 42.5 Å². The van der Waals surface area contributed by atoms with Gasteiger partial charge in [-0.25, -0.2) is 0 Å². The van der Waals surface area contributed by atoms with Crippen molar-refractivity contribution in [2.75, 3.05) is 12.8 Å². The van der Waals surface area contributed by atoms with Gasteiger partial charge in [0.05, 0.1) is 15.8 Å². The molecule has 8 heteroatoms. The van der Waals surface area contributed by atoms with Crippen molar-refractivity contribution in [2.45, 2.75) is 25.3 Å². The molecular formula is C20H21Cl3N2O2S.